The molecule has 0 atom stereocenters. The van der Waals surface area contributed by atoms with Crippen LogP contribution in [0.1, 0.15) is 18.2 Å². The number of hydrogen-bond donors (Lipinski definition) is 1. The van der Waals surface area contributed by atoms with Gasteiger partial charge in [-0.2, -0.15) is 0 Å². The van der Waals surface area contributed by atoms with Crippen LogP contribution in [0.4, 0.5) is 0 Å². The van der Waals surface area contributed by atoms with Gasteiger partial charge in [0.2, 0.25) is 0 Å². The second-order valence-electron chi connectivity index (χ2n) is 3.53. The molecule has 0 spiro atoms. The van der Waals surface area contributed by atoms with Crippen molar-refractivity contribution in [2.75, 3.05) is 0 Å². The van der Waals surface area contributed by atoms with Crippen LogP contribution >= 0.6 is 0 Å². The Kier molecular flexibility index (Phi) is 2.40. The fraction of sp³-hybridized carbons (Fsp3) is 0.231. The predicted molar refractivity (Wildman–Crippen MR) is 60.3 cm³/mol. The Morgan fingerprint density at radius 3 is 2.50 bits per heavy atom. The molecule has 0 amide bonds. The van der Waals surface area contributed by atoms with Crippen molar-refractivity contribution in [3.8, 4) is 11.1 Å². The Labute approximate surface area is 84.8 Å². The van der Waals surface area contributed by atoms with Crippen LogP contribution in [-0.4, -0.2) is 4.98 Å². The van der Waals surface area contributed by atoms with Crippen LogP contribution in [0.5, 0.6) is 0 Å². The molecular weight excluding hydrogens is 170 g/mol. The highest BCUT2D eigenvalue weighted by Crippen LogP contribution is 2.25. The van der Waals surface area contributed by atoms with Crippen LogP contribution in [0.2, 0.25) is 0 Å². The summed E-state index contributed by atoms with van der Waals surface area (Å²) < 4.78 is 0. The minimum atomic E-state index is 1.08. The van der Waals surface area contributed by atoms with E-state index in [-0.39, 0.29) is 0 Å². The zero-order valence-corrected chi connectivity index (χ0v) is 8.67. The number of hydrogen-bond acceptors (Lipinski definition) is 0. The number of benzene rings is 1. The molecule has 0 saturated heterocycles. The molecule has 72 valence electrons. The summed E-state index contributed by atoms with van der Waals surface area (Å²) in [6.07, 6.45) is 3.18. The highest BCUT2D eigenvalue weighted by Gasteiger charge is 2.06. The van der Waals surface area contributed by atoms with Crippen molar-refractivity contribution in [3.05, 3.63) is 47.8 Å². The molecule has 0 bridgehead atoms. The van der Waals surface area contributed by atoms with E-state index in [1.54, 1.807) is 0 Å². The van der Waals surface area contributed by atoms with Gasteiger partial charge in [-0.1, -0.05) is 37.3 Å². The van der Waals surface area contributed by atoms with Crippen molar-refractivity contribution in [1.29, 1.82) is 0 Å². The summed E-state index contributed by atoms with van der Waals surface area (Å²) in [6, 6.07) is 10.5. The third kappa shape index (κ3) is 1.46. The topological polar surface area (TPSA) is 15.8 Å². The van der Waals surface area contributed by atoms with Gasteiger partial charge in [-0.25, -0.2) is 0 Å². The first-order valence-electron chi connectivity index (χ1n) is 5.05. The summed E-state index contributed by atoms with van der Waals surface area (Å²) in [5.74, 6) is 0. The van der Waals surface area contributed by atoms with E-state index in [4.69, 9.17) is 0 Å². The molecule has 1 aromatic heterocycles. The molecule has 0 radical (unpaired) electrons. The Morgan fingerprint density at radius 2 is 1.86 bits per heavy atom. The maximum absolute atomic E-state index is 3.29. The van der Waals surface area contributed by atoms with Crippen molar-refractivity contribution in [3.63, 3.8) is 0 Å². The minimum Gasteiger partial charge on any atom is -0.364 e. The normalized spacial score (nSPS) is 10.4. The van der Waals surface area contributed by atoms with Crippen molar-refractivity contribution < 1.29 is 0 Å². The molecule has 14 heavy (non-hydrogen) atoms. The van der Waals surface area contributed by atoms with Crippen molar-refractivity contribution in [2.24, 2.45) is 0 Å². The number of aromatic amines is 1. The maximum Gasteiger partial charge on any atom is 0.0154 e. The van der Waals surface area contributed by atoms with Gasteiger partial charge in [0.05, 0.1) is 0 Å². The first-order chi connectivity index (χ1) is 6.83. The number of aromatic nitrogens is 1. The van der Waals surface area contributed by atoms with Gasteiger partial charge in [-0.05, 0) is 24.5 Å². The van der Waals surface area contributed by atoms with E-state index >= 15 is 0 Å². The molecule has 2 rings (SSSR count). The molecule has 1 aromatic carbocycles. The van der Waals surface area contributed by atoms with E-state index in [0.717, 1.165) is 6.42 Å². The first-order valence-corrected chi connectivity index (χ1v) is 5.05. The molecule has 1 nitrogen and oxygen atoms in total. The summed E-state index contributed by atoms with van der Waals surface area (Å²) in [5.41, 5.74) is 5.35. The van der Waals surface area contributed by atoms with Gasteiger partial charge in [0.1, 0.15) is 0 Å². The van der Waals surface area contributed by atoms with Crippen molar-refractivity contribution in [1.82, 2.24) is 4.98 Å². The third-order valence-electron chi connectivity index (χ3n) is 2.65. The summed E-state index contributed by atoms with van der Waals surface area (Å²) in [5, 5.41) is 0. The van der Waals surface area contributed by atoms with Gasteiger partial charge in [-0.15, -0.1) is 0 Å². The Hall–Kier alpha value is -1.50. The lowest BCUT2D eigenvalue weighted by Gasteiger charge is -2.02. The van der Waals surface area contributed by atoms with E-state index in [2.05, 4.69) is 55.4 Å². The molecule has 0 unspecified atom stereocenters. The van der Waals surface area contributed by atoms with E-state index in [9.17, 15) is 0 Å². The summed E-state index contributed by atoms with van der Waals surface area (Å²) in [7, 11) is 0. The maximum atomic E-state index is 3.29. The molecule has 0 aliphatic rings. The van der Waals surface area contributed by atoms with Crippen LogP contribution in [0, 0.1) is 6.92 Å². The quantitative estimate of drug-likeness (QED) is 0.736. The average Bonchev–Trinajstić information content (AvgIpc) is 2.61. The number of H-pyrrole nitrogens is 1. The van der Waals surface area contributed by atoms with Crippen LogP contribution in [0.3, 0.4) is 0 Å². The molecule has 0 fully saturated rings. The summed E-state index contributed by atoms with van der Waals surface area (Å²) in [4.78, 5) is 3.29. The first kappa shape index (κ1) is 9.07. The Morgan fingerprint density at radius 1 is 1.14 bits per heavy atom. The van der Waals surface area contributed by atoms with E-state index < -0.39 is 0 Å². The largest absolute Gasteiger partial charge is 0.364 e. The van der Waals surface area contributed by atoms with Crippen LogP contribution < -0.4 is 0 Å². The predicted octanol–water partition coefficient (Wildman–Crippen LogP) is 3.55. The molecule has 0 aliphatic carbocycles. The van der Waals surface area contributed by atoms with Gasteiger partial charge in [-0.3, -0.25) is 0 Å². The average molecular weight is 185 g/mol. The lowest BCUT2D eigenvalue weighted by molar-refractivity contribution is 1.10. The Balaban J connectivity index is 2.52. The summed E-state index contributed by atoms with van der Waals surface area (Å²) >= 11 is 0. The van der Waals surface area contributed by atoms with Gasteiger partial charge < -0.3 is 4.98 Å². The third-order valence-corrected chi connectivity index (χ3v) is 2.65. The van der Waals surface area contributed by atoms with Crippen LogP contribution in [0.15, 0.2) is 36.5 Å². The van der Waals surface area contributed by atoms with E-state index in [1.165, 1.54) is 22.4 Å². The zero-order chi connectivity index (χ0) is 9.97. The number of nitrogens with one attached hydrogen (secondary N) is 1. The standard InChI is InChI=1S/C13H15N/c1-3-12-10(2)14-9-13(12)11-7-5-4-6-8-11/h4-9,14H,3H2,1-2H3. The van der Waals surface area contributed by atoms with Gasteiger partial charge in [0.25, 0.3) is 0 Å². The van der Waals surface area contributed by atoms with Crippen LogP contribution in [0.25, 0.3) is 11.1 Å². The van der Waals surface area contributed by atoms with E-state index in [1.807, 2.05) is 0 Å². The lowest BCUT2D eigenvalue weighted by atomic mass is 10.0. The van der Waals surface area contributed by atoms with E-state index in [0.29, 0.717) is 0 Å². The second-order valence-corrected chi connectivity index (χ2v) is 3.53. The second kappa shape index (κ2) is 3.70. The number of aryl methyl sites for hydroxylation is 1. The fourth-order valence-electron chi connectivity index (χ4n) is 1.89. The lowest BCUT2D eigenvalue weighted by Crippen LogP contribution is -1.84. The smallest absolute Gasteiger partial charge is 0.0154 e. The van der Waals surface area contributed by atoms with Gasteiger partial charge in [0, 0.05) is 17.5 Å². The minimum absolute atomic E-state index is 1.08. The molecule has 1 heteroatoms. The molecule has 1 heterocycles. The fourth-order valence-corrected chi connectivity index (χ4v) is 1.89. The van der Waals surface area contributed by atoms with Crippen molar-refractivity contribution >= 4 is 0 Å². The molecular formula is C13H15N. The molecule has 0 aliphatic heterocycles. The Bertz CT molecular complexity index is 412. The summed E-state index contributed by atoms with van der Waals surface area (Å²) in [6.45, 7) is 4.33. The monoisotopic (exact) mass is 185 g/mol. The zero-order valence-electron chi connectivity index (χ0n) is 8.67. The highest BCUT2D eigenvalue weighted by molar-refractivity contribution is 5.67. The molecule has 2 aromatic rings. The van der Waals surface area contributed by atoms with Gasteiger partial charge in [0.15, 0.2) is 0 Å². The molecule has 1 N–H and O–H groups in total. The van der Waals surface area contributed by atoms with Crippen molar-refractivity contribution in [2.45, 2.75) is 20.3 Å². The van der Waals surface area contributed by atoms with Crippen LogP contribution in [-0.2, 0) is 6.42 Å². The SMILES string of the molecule is CCc1c(-c2ccccc2)c[nH]c1C. The highest BCUT2D eigenvalue weighted by atomic mass is 14.7. The molecule has 0 saturated carbocycles. The number of rotatable bonds is 2. The van der Waals surface area contributed by atoms with Gasteiger partial charge >= 0.3 is 0 Å².